The summed E-state index contributed by atoms with van der Waals surface area (Å²) in [7, 11) is -2.92. The van der Waals surface area contributed by atoms with Gasteiger partial charge in [-0.2, -0.15) is 0 Å². The van der Waals surface area contributed by atoms with Gasteiger partial charge in [-0.3, -0.25) is 4.79 Å². The maximum absolute atomic E-state index is 12.0. The fourth-order valence-electron chi connectivity index (χ4n) is 2.63. The first-order chi connectivity index (χ1) is 7.90. The van der Waals surface area contributed by atoms with Crippen molar-refractivity contribution < 1.29 is 13.2 Å². The highest BCUT2D eigenvalue weighted by molar-refractivity contribution is 7.91. The van der Waals surface area contributed by atoms with E-state index in [-0.39, 0.29) is 23.0 Å². The van der Waals surface area contributed by atoms with Gasteiger partial charge in [0.1, 0.15) is 0 Å². The summed E-state index contributed by atoms with van der Waals surface area (Å²) in [5.41, 5.74) is 5.81. The predicted octanol–water partition coefficient (Wildman–Crippen LogP) is -0.0950. The molecule has 1 amide bonds. The molecule has 1 aliphatic carbocycles. The van der Waals surface area contributed by atoms with E-state index in [0.29, 0.717) is 19.5 Å². The first-order valence-corrected chi connectivity index (χ1v) is 8.00. The quantitative estimate of drug-likeness (QED) is 0.752. The fourth-order valence-corrected chi connectivity index (χ4v) is 3.83. The molecule has 0 aromatic rings. The zero-order valence-corrected chi connectivity index (χ0v) is 10.8. The Morgan fingerprint density at radius 2 is 1.71 bits per heavy atom. The van der Waals surface area contributed by atoms with E-state index in [0.717, 1.165) is 25.7 Å². The van der Waals surface area contributed by atoms with Crippen LogP contribution in [0, 0.1) is 0 Å². The number of nitrogens with two attached hydrogens (primary N) is 1. The van der Waals surface area contributed by atoms with Crippen molar-refractivity contribution in [3.8, 4) is 0 Å². The van der Waals surface area contributed by atoms with Crippen LogP contribution >= 0.6 is 0 Å². The molecule has 0 aromatic heterocycles. The predicted molar refractivity (Wildman–Crippen MR) is 65.2 cm³/mol. The van der Waals surface area contributed by atoms with Crippen molar-refractivity contribution in [2.45, 2.75) is 37.6 Å². The first-order valence-electron chi connectivity index (χ1n) is 6.17. The topological polar surface area (TPSA) is 80.5 Å². The lowest BCUT2D eigenvalue weighted by Gasteiger charge is -2.30. The summed E-state index contributed by atoms with van der Waals surface area (Å²) in [5, 5.41) is 0. The highest BCUT2D eigenvalue weighted by Crippen LogP contribution is 2.30. The molecule has 1 saturated heterocycles. The molecule has 0 atom stereocenters. The molecule has 2 N–H and O–H groups in total. The van der Waals surface area contributed by atoms with Crippen LogP contribution in [0.2, 0.25) is 0 Å². The van der Waals surface area contributed by atoms with E-state index >= 15 is 0 Å². The SMILES string of the molecule is NC1(CC(=O)N2CCS(=O)(=O)CC2)CCCC1. The summed E-state index contributed by atoms with van der Waals surface area (Å²) >= 11 is 0. The third-order valence-electron chi connectivity index (χ3n) is 3.80. The average Bonchev–Trinajstić information content (AvgIpc) is 2.64. The van der Waals surface area contributed by atoms with Crippen LogP contribution in [0.3, 0.4) is 0 Å². The van der Waals surface area contributed by atoms with Gasteiger partial charge in [-0.15, -0.1) is 0 Å². The van der Waals surface area contributed by atoms with Gasteiger partial charge in [-0.1, -0.05) is 12.8 Å². The van der Waals surface area contributed by atoms with Crippen molar-refractivity contribution in [1.29, 1.82) is 0 Å². The smallest absolute Gasteiger partial charge is 0.224 e. The number of carbonyl (C=O) groups is 1. The van der Waals surface area contributed by atoms with E-state index in [4.69, 9.17) is 5.73 Å². The van der Waals surface area contributed by atoms with Gasteiger partial charge in [0.25, 0.3) is 0 Å². The van der Waals surface area contributed by atoms with Gasteiger partial charge in [0.15, 0.2) is 9.84 Å². The molecule has 5 nitrogen and oxygen atoms in total. The third-order valence-corrected chi connectivity index (χ3v) is 5.41. The highest BCUT2D eigenvalue weighted by Gasteiger charge is 2.34. The normalized spacial score (nSPS) is 27.0. The van der Waals surface area contributed by atoms with Crippen LogP contribution in [0.15, 0.2) is 0 Å². The Morgan fingerprint density at radius 3 is 2.24 bits per heavy atom. The Morgan fingerprint density at radius 1 is 1.18 bits per heavy atom. The molecule has 0 radical (unpaired) electrons. The lowest BCUT2D eigenvalue weighted by molar-refractivity contribution is -0.132. The number of hydrogen-bond acceptors (Lipinski definition) is 4. The zero-order chi connectivity index (χ0) is 12.5. The van der Waals surface area contributed by atoms with Crippen molar-refractivity contribution in [2.24, 2.45) is 5.73 Å². The van der Waals surface area contributed by atoms with E-state index in [1.807, 2.05) is 0 Å². The van der Waals surface area contributed by atoms with Crippen LogP contribution in [0.4, 0.5) is 0 Å². The van der Waals surface area contributed by atoms with Gasteiger partial charge in [-0.25, -0.2) is 8.42 Å². The second-order valence-corrected chi connectivity index (χ2v) is 7.58. The van der Waals surface area contributed by atoms with Crippen molar-refractivity contribution in [3.63, 3.8) is 0 Å². The lowest BCUT2D eigenvalue weighted by Crippen LogP contribution is -2.48. The van der Waals surface area contributed by atoms with Crippen LogP contribution in [-0.2, 0) is 14.6 Å². The minimum Gasteiger partial charge on any atom is -0.341 e. The monoisotopic (exact) mass is 260 g/mol. The molecular weight excluding hydrogens is 240 g/mol. The molecule has 1 saturated carbocycles. The van der Waals surface area contributed by atoms with Gasteiger partial charge in [0, 0.05) is 25.0 Å². The molecule has 98 valence electrons. The van der Waals surface area contributed by atoms with Crippen molar-refractivity contribution in [1.82, 2.24) is 4.90 Å². The standard InChI is InChI=1S/C11H20N2O3S/c12-11(3-1-2-4-11)9-10(14)13-5-7-17(15,16)8-6-13/h1-9,12H2. The Bertz CT molecular complexity index is 385. The summed E-state index contributed by atoms with van der Waals surface area (Å²) in [6, 6.07) is 0. The molecule has 0 bridgehead atoms. The van der Waals surface area contributed by atoms with Gasteiger partial charge >= 0.3 is 0 Å². The number of rotatable bonds is 2. The number of carbonyl (C=O) groups excluding carboxylic acids is 1. The Kier molecular flexibility index (Phi) is 3.45. The molecule has 2 aliphatic rings. The summed E-state index contributed by atoms with van der Waals surface area (Å²) in [6.07, 6.45) is 4.37. The van der Waals surface area contributed by atoms with Crippen LogP contribution in [0.25, 0.3) is 0 Å². The first kappa shape index (κ1) is 12.8. The molecule has 2 rings (SSSR count). The molecule has 0 unspecified atom stereocenters. The zero-order valence-electron chi connectivity index (χ0n) is 10.0. The highest BCUT2D eigenvalue weighted by atomic mass is 32.2. The number of nitrogens with zero attached hydrogens (tertiary/aromatic N) is 1. The average molecular weight is 260 g/mol. The van der Waals surface area contributed by atoms with Crippen molar-refractivity contribution in [3.05, 3.63) is 0 Å². The van der Waals surface area contributed by atoms with Crippen LogP contribution in [0.1, 0.15) is 32.1 Å². The van der Waals surface area contributed by atoms with Gasteiger partial charge in [0.2, 0.25) is 5.91 Å². The van der Waals surface area contributed by atoms with E-state index in [9.17, 15) is 13.2 Å². The molecule has 0 aromatic carbocycles. The minimum absolute atomic E-state index is 0.0179. The largest absolute Gasteiger partial charge is 0.341 e. The molecule has 1 aliphatic heterocycles. The van der Waals surface area contributed by atoms with Crippen LogP contribution < -0.4 is 5.73 Å². The Hall–Kier alpha value is -0.620. The van der Waals surface area contributed by atoms with Crippen LogP contribution in [0.5, 0.6) is 0 Å². The van der Waals surface area contributed by atoms with E-state index in [2.05, 4.69) is 0 Å². The minimum atomic E-state index is -2.92. The van der Waals surface area contributed by atoms with Crippen molar-refractivity contribution in [2.75, 3.05) is 24.6 Å². The summed E-state index contributed by atoms with van der Waals surface area (Å²) < 4.78 is 22.5. The van der Waals surface area contributed by atoms with E-state index in [1.54, 1.807) is 4.90 Å². The van der Waals surface area contributed by atoms with Crippen molar-refractivity contribution >= 4 is 15.7 Å². The maximum atomic E-state index is 12.0. The van der Waals surface area contributed by atoms with Gasteiger partial charge in [0.05, 0.1) is 11.5 Å². The fraction of sp³-hybridized carbons (Fsp3) is 0.909. The van der Waals surface area contributed by atoms with Crippen LogP contribution in [-0.4, -0.2) is 49.4 Å². The van der Waals surface area contributed by atoms with Gasteiger partial charge < -0.3 is 10.6 Å². The number of hydrogen-bond donors (Lipinski definition) is 1. The Balaban J connectivity index is 1.89. The summed E-state index contributed by atoms with van der Waals surface area (Å²) in [5.74, 6) is 0.205. The molecule has 1 heterocycles. The number of sulfone groups is 1. The molecule has 2 fully saturated rings. The third kappa shape index (κ3) is 3.19. The lowest BCUT2D eigenvalue weighted by atomic mass is 9.94. The second kappa shape index (κ2) is 4.57. The molecule has 17 heavy (non-hydrogen) atoms. The Labute approximate surface area is 102 Å². The molecule has 6 heteroatoms. The maximum Gasteiger partial charge on any atom is 0.224 e. The molecule has 0 spiro atoms. The van der Waals surface area contributed by atoms with Gasteiger partial charge in [-0.05, 0) is 12.8 Å². The molecular formula is C11H20N2O3S. The second-order valence-electron chi connectivity index (χ2n) is 5.28. The van der Waals surface area contributed by atoms with E-state index < -0.39 is 9.84 Å². The summed E-state index contributed by atoms with van der Waals surface area (Å²) in [6.45, 7) is 0.661. The summed E-state index contributed by atoms with van der Waals surface area (Å²) in [4.78, 5) is 13.7. The number of amides is 1. The van der Waals surface area contributed by atoms with E-state index in [1.165, 1.54) is 0 Å².